The molecular formula is C18H22FN3O2. The molecule has 0 radical (unpaired) electrons. The van der Waals surface area contributed by atoms with Crippen LogP contribution in [0.4, 0.5) is 4.39 Å². The predicted molar refractivity (Wildman–Crippen MR) is 86.5 cm³/mol. The Kier molecular flexibility index (Phi) is 4.22. The largest absolute Gasteiger partial charge is 0.494 e. The number of rotatable bonds is 5. The fourth-order valence-corrected chi connectivity index (χ4v) is 3.39. The number of hydrogen-bond acceptors (Lipinski definition) is 5. The number of likely N-dealkylation sites (tertiary alicyclic amines) is 1. The molecule has 5 nitrogen and oxygen atoms in total. The Bertz CT molecular complexity index is 714. The smallest absolute Gasteiger partial charge is 0.231 e. The number of benzene rings is 1. The van der Waals surface area contributed by atoms with Gasteiger partial charge >= 0.3 is 0 Å². The van der Waals surface area contributed by atoms with Gasteiger partial charge in [0.05, 0.1) is 13.0 Å². The summed E-state index contributed by atoms with van der Waals surface area (Å²) < 4.78 is 24.3. The molecule has 24 heavy (non-hydrogen) atoms. The number of halogens is 1. The van der Waals surface area contributed by atoms with Crippen molar-refractivity contribution in [3.63, 3.8) is 0 Å². The van der Waals surface area contributed by atoms with Crippen LogP contribution in [0, 0.1) is 5.82 Å². The van der Waals surface area contributed by atoms with Gasteiger partial charge in [0.2, 0.25) is 5.89 Å². The molecule has 0 spiro atoms. The summed E-state index contributed by atoms with van der Waals surface area (Å²) in [5.41, 5.74) is 0.957. The Balaban J connectivity index is 1.41. The van der Waals surface area contributed by atoms with Crippen LogP contribution < -0.4 is 4.74 Å². The van der Waals surface area contributed by atoms with Crippen molar-refractivity contribution >= 4 is 0 Å². The van der Waals surface area contributed by atoms with E-state index in [0.717, 1.165) is 49.8 Å². The van der Waals surface area contributed by atoms with E-state index in [1.807, 2.05) is 6.07 Å². The molecule has 1 saturated heterocycles. The lowest BCUT2D eigenvalue weighted by Gasteiger charge is -2.31. The van der Waals surface area contributed by atoms with E-state index in [2.05, 4.69) is 15.0 Å². The molecule has 2 aliphatic rings. The van der Waals surface area contributed by atoms with E-state index in [1.54, 1.807) is 12.1 Å². The molecule has 2 aromatic rings. The maximum atomic E-state index is 13.9. The fraction of sp³-hybridized carbons (Fsp3) is 0.556. The number of methoxy groups -OCH3 is 1. The minimum atomic E-state index is -0.311. The van der Waals surface area contributed by atoms with Crippen LogP contribution in [0.15, 0.2) is 22.7 Å². The molecule has 1 atom stereocenters. The zero-order valence-electron chi connectivity index (χ0n) is 13.9. The molecule has 1 aliphatic carbocycles. The number of aromatic nitrogens is 2. The van der Waals surface area contributed by atoms with Crippen LogP contribution in [0.3, 0.4) is 0 Å². The second kappa shape index (κ2) is 6.51. The normalized spacial score (nSPS) is 21.8. The zero-order chi connectivity index (χ0) is 16.5. The van der Waals surface area contributed by atoms with Crippen LogP contribution in [-0.4, -0.2) is 35.2 Å². The van der Waals surface area contributed by atoms with Gasteiger partial charge in [0.25, 0.3) is 0 Å². The Morgan fingerprint density at radius 2 is 2.17 bits per heavy atom. The van der Waals surface area contributed by atoms with Gasteiger partial charge in [-0.2, -0.15) is 4.98 Å². The summed E-state index contributed by atoms with van der Waals surface area (Å²) in [4.78, 5) is 6.92. The Hall–Kier alpha value is -1.95. The summed E-state index contributed by atoms with van der Waals surface area (Å²) in [6.45, 7) is 2.61. The molecule has 0 amide bonds. The first-order valence-electron chi connectivity index (χ1n) is 8.61. The Morgan fingerprint density at radius 1 is 1.29 bits per heavy atom. The monoisotopic (exact) mass is 331 g/mol. The molecule has 1 aromatic heterocycles. The summed E-state index contributed by atoms with van der Waals surface area (Å²) in [6, 6.07) is 5.16. The summed E-state index contributed by atoms with van der Waals surface area (Å²) in [6.07, 6.45) is 4.52. The topological polar surface area (TPSA) is 51.4 Å². The average Bonchev–Trinajstić information content (AvgIpc) is 3.32. The second-order valence-corrected chi connectivity index (χ2v) is 6.81. The average molecular weight is 331 g/mol. The lowest BCUT2D eigenvalue weighted by atomic mass is 9.97. The maximum Gasteiger partial charge on any atom is 0.231 e. The summed E-state index contributed by atoms with van der Waals surface area (Å²) in [5.74, 6) is 2.41. The number of nitrogens with zero attached hydrogens (tertiary/aromatic N) is 3. The molecule has 1 aliphatic heterocycles. The van der Waals surface area contributed by atoms with E-state index in [9.17, 15) is 4.39 Å². The highest BCUT2D eigenvalue weighted by Crippen LogP contribution is 2.39. The fourth-order valence-electron chi connectivity index (χ4n) is 3.39. The molecule has 2 fully saturated rings. The maximum absolute atomic E-state index is 13.9. The zero-order valence-corrected chi connectivity index (χ0v) is 13.9. The van der Waals surface area contributed by atoms with Gasteiger partial charge in [-0.05, 0) is 49.9 Å². The van der Waals surface area contributed by atoms with Gasteiger partial charge in [-0.3, -0.25) is 4.90 Å². The first kappa shape index (κ1) is 15.6. The molecule has 1 aromatic carbocycles. The third-order valence-electron chi connectivity index (χ3n) is 4.88. The van der Waals surface area contributed by atoms with Gasteiger partial charge in [0, 0.05) is 19.0 Å². The molecule has 0 N–H and O–H groups in total. The Labute approximate surface area is 140 Å². The third-order valence-corrected chi connectivity index (χ3v) is 4.88. The Morgan fingerprint density at radius 3 is 2.92 bits per heavy atom. The summed E-state index contributed by atoms with van der Waals surface area (Å²) in [7, 11) is 1.48. The highest BCUT2D eigenvalue weighted by atomic mass is 19.1. The van der Waals surface area contributed by atoms with Gasteiger partial charge in [-0.1, -0.05) is 11.2 Å². The van der Waals surface area contributed by atoms with E-state index >= 15 is 0 Å². The first-order valence-corrected chi connectivity index (χ1v) is 8.61. The van der Waals surface area contributed by atoms with E-state index in [4.69, 9.17) is 9.26 Å². The quantitative estimate of drug-likeness (QED) is 0.839. The molecule has 4 rings (SSSR count). The van der Waals surface area contributed by atoms with E-state index < -0.39 is 0 Å². The van der Waals surface area contributed by atoms with Crippen LogP contribution in [0.2, 0.25) is 0 Å². The first-order chi connectivity index (χ1) is 11.7. The number of piperidine rings is 1. The van der Waals surface area contributed by atoms with Gasteiger partial charge in [-0.25, -0.2) is 4.39 Å². The van der Waals surface area contributed by atoms with Crippen LogP contribution >= 0.6 is 0 Å². The van der Waals surface area contributed by atoms with Gasteiger partial charge in [0.15, 0.2) is 17.4 Å². The van der Waals surface area contributed by atoms with Gasteiger partial charge in [-0.15, -0.1) is 0 Å². The van der Waals surface area contributed by atoms with Crippen molar-refractivity contribution in [3.8, 4) is 5.75 Å². The third kappa shape index (κ3) is 3.29. The van der Waals surface area contributed by atoms with Crippen LogP contribution in [0.1, 0.15) is 54.8 Å². The number of hydrogen-bond donors (Lipinski definition) is 0. The van der Waals surface area contributed by atoms with Crippen molar-refractivity contribution in [2.75, 3.05) is 20.2 Å². The van der Waals surface area contributed by atoms with Gasteiger partial charge < -0.3 is 9.26 Å². The molecule has 0 bridgehead atoms. The van der Waals surface area contributed by atoms with Crippen LogP contribution in [0.25, 0.3) is 0 Å². The van der Waals surface area contributed by atoms with E-state index in [0.29, 0.717) is 5.92 Å². The van der Waals surface area contributed by atoms with Crippen molar-refractivity contribution in [3.05, 3.63) is 41.3 Å². The van der Waals surface area contributed by atoms with Crippen LogP contribution in [0.5, 0.6) is 5.75 Å². The predicted octanol–water partition coefficient (Wildman–Crippen LogP) is 3.47. The second-order valence-electron chi connectivity index (χ2n) is 6.81. The van der Waals surface area contributed by atoms with Crippen molar-refractivity contribution < 1.29 is 13.7 Å². The molecule has 2 heterocycles. The highest BCUT2D eigenvalue weighted by molar-refractivity contribution is 5.29. The molecule has 6 heteroatoms. The van der Waals surface area contributed by atoms with Crippen molar-refractivity contribution in [1.82, 2.24) is 15.0 Å². The van der Waals surface area contributed by atoms with Crippen molar-refractivity contribution in [2.45, 2.75) is 44.1 Å². The minimum absolute atomic E-state index is 0.279. The standard InChI is InChI=1S/C18H22FN3O2/c1-23-16-7-4-12(9-15(16)19)10-22-8-2-3-14(11-22)18-20-17(21-24-18)13-5-6-13/h4,7,9,13-14H,2-3,5-6,8,10-11H2,1H3. The van der Waals surface area contributed by atoms with E-state index in [1.165, 1.54) is 20.0 Å². The van der Waals surface area contributed by atoms with Crippen LogP contribution in [-0.2, 0) is 6.54 Å². The molecule has 1 unspecified atom stereocenters. The molecule has 128 valence electrons. The molecule has 1 saturated carbocycles. The highest BCUT2D eigenvalue weighted by Gasteiger charge is 2.31. The number of ether oxygens (including phenoxy) is 1. The SMILES string of the molecule is COc1ccc(CN2CCCC(c3nc(C4CC4)no3)C2)cc1F. The summed E-state index contributed by atoms with van der Waals surface area (Å²) in [5, 5.41) is 4.13. The van der Waals surface area contributed by atoms with E-state index in [-0.39, 0.29) is 17.5 Å². The van der Waals surface area contributed by atoms with Crippen molar-refractivity contribution in [1.29, 1.82) is 0 Å². The minimum Gasteiger partial charge on any atom is -0.494 e. The lowest BCUT2D eigenvalue weighted by Crippen LogP contribution is -2.34. The molecular weight excluding hydrogens is 309 g/mol. The summed E-state index contributed by atoms with van der Waals surface area (Å²) >= 11 is 0. The van der Waals surface area contributed by atoms with Gasteiger partial charge in [0.1, 0.15) is 0 Å². The van der Waals surface area contributed by atoms with Crippen molar-refractivity contribution in [2.24, 2.45) is 0 Å². The lowest BCUT2D eigenvalue weighted by molar-refractivity contribution is 0.180.